The van der Waals surface area contributed by atoms with Gasteiger partial charge in [-0.05, 0) is 18.6 Å². The van der Waals surface area contributed by atoms with Gasteiger partial charge in [0.25, 0.3) is 5.91 Å². The van der Waals surface area contributed by atoms with Crippen molar-refractivity contribution in [2.45, 2.75) is 31.5 Å². The van der Waals surface area contributed by atoms with Crippen LogP contribution in [-0.4, -0.2) is 57.8 Å². The number of aliphatic hydroxyl groups excluding tert-OH is 1. The summed E-state index contributed by atoms with van der Waals surface area (Å²) < 4.78 is 5.45. The fourth-order valence-corrected chi connectivity index (χ4v) is 4.90. The second-order valence-electron chi connectivity index (χ2n) is 7.32. The van der Waals surface area contributed by atoms with Crippen molar-refractivity contribution in [1.29, 1.82) is 0 Å². The van der Waals surface area contributed by atoms with Crippen LogP contribution in [0.5, 0.6) is 0 Å². The minimum absolute atomic E-state index is 0.0147. The molecule has 2 atom stereocenters. The number of nitrogens with zero attached hydrogens (tertiary/aromatic N) is 2. The molecule has 0 spiro atoms. The summed E-state index contributed by atoms with van der Waals surface area (Å²) in [6, 6.07) is 9.69. The van der Waals surface area contributed by atoms with Crippen LogP contribution in [0.1, 0.15) is 27.5 Å². The van der Waals surface area contributed by atoms with E-state index in [1.54, 1.807) is 11.3 Å². The molecular formula is C20H22N4O3S. The number of benzene rings is 1. The third kappa shape index (κ3) is 3.28. The SMILES string of the molecule is O=C(c1cc2ccccc2[nH]1)N1CCc2nc(NC3COCCC3O)sc2C1. The molecule has 8 heteroatoms. The number of aliphatic hydroxyl groups is 1. The molecule has 0 radical (unpaired) electrons. The van der Waals surface area contributed by atoms with E-state index in [-0.39, 0.29) is 11.9 Å². The Morgan fingerprint density at radius 2 is 2.29 bits per heavy atom. The lowest BCUT2D eigenvalue weighted by molar-refractivity contribution is 0.00314. The first-order chi connectivity index (χ1) is 13.7. The van der Waals surface area contributed by atoms with Gasteiger partial charge in [0.1, 0.15) is 5.69 Å². The number of ether oxygens (including phenoxy) is 1. The minimum Gasteiger partial charge on any atom is -0.391 e. The number of rotatable bonds is 3. The van der Waals surface area contributed by atoms with Crippen LogP contribution < -0.4 is 5.32 Å². The molecule has 1 saturated heterocycles. The van der Waals surface area contributed by atoms with Crippen molar-refractivity contribution >= 4 is 33.3 Å². The number of amides is 1. The van der Waals surface area contributed by atoms with Gasteiger partial charge in [0.15, 0.2) is 5.13 Å². The molecule has 1 amide bonds. The third-order valence-electron chi connectivity index (χ3n) is 5.41. The van der Waals surface area contributed by atoms with Crippen molar-refractivity contribution in [2.24, 2.45) is 0 Å². The molecule has 146 valence electrons. The van der Waals surface area contributed by atoms with Crippen molar-refractivity contribution in [3.05, 3.63) is 46.6 Å². The Kier molecular flexibility index (Phi) is 4.54. The lowest BCUT2D eigenvalue weighted by Crippen LogP contribution is -2.42. The summed E-state index contributed by atoms with van der Waals surface area (Å²) in [5.41, 5.74) is 2.63. The van der Waals surface area contributed by atoms with E-state index in [2.05, 4.69) is 15.3 Å². The van der Waals surface area contributed by atoms with Crippen molar-refractivity contribution in [2.75, 3.05) is 25.1 Å². The lowest BCUT2D eigenvalue weighted by Gasteiger charge is -2.28. The molecule has 2 unspecified atom stereocenters. The maximum Gasteiger partial charge on any atom is 0.270 e. The molecule has 3 N–H and O–H groups in total. The van der Waals surface area contributed by atoms with Gasteiger partial charge >= 0.3 is 0 Å². The number of nitrogens with one attached hydrogen (secondary N) is 2. The van der Waals surface area contributed by atoms with E-state index >= 15 is 0 Å². The number of carbonyl (C=O) groups excluding carboxylic acids is 1. The van der Waals surface area contributed by atoms with Gasteiger partial charge in [-0.25, -0.2) is 4.98 Å². The Balaban J connectivity index is 1.30. The molecule has 1 aromatic carbocycles. The first kappa shape index (κ1) is 17.7. The summed E-state index contributed by atoms with van der Waals surface area (Å²) in [4.78, 5) is 23.8. The second kappa shape index (κ2) is 7.20. The number of hydrogen-bond acceptors (Lipinski definition) is 6. The van der Waals surface area contributed by atoms with Crippen LogP contribution in [0.3, 0.4) is 0 Å². The minimum atomic E-state index is -0.422. The zero-order valence-electron chi connectivity index (χ0n) is 15.4. The van der Waals surface area contributed by atoms with Crippen LogP contribution in [0, 0.1) is 0 Å². The highest BCUT2D eigenvalue weighted by atomic mass is 32.1. The zero-order chi connectivity index (χ0) is 19.1. The predicted octanol–water partition coefficient (Wildman–Crippen LogP) is 2.38. The van der Waals surface area contributed by atoms with Gasteiger partial charge in [-0.2, -0.15) is 0 Å². The van der Waals surface area contributed by atoms with Crippen LogP contribution in [0.4, 0.5) is 5.13 Å². The summed E-state index contributed by atoms with van der Waals surface area (Å²) in [6.07, 6.45) is 0.952. The first-order valence-electron chi connectivity index (χ1n) is 9.55. The number of aromatic nitrogens is 2. The quantitative estimate of drug-likeness (QED) is 0.630. The summed E-state index contributed by atoms with van der Waals surface area (Å²) >= 11 is 1.56. The molecule has 2 aliphatic heterocycles. The number of thiazole rings is 1. The smallest absolute Gasteiger partial charge is 0.270 e. The zero-order valence-corrected chi connectivity index (χ0v) is 16.2. The Morgan fingerprint density at radius 1 is 1.39 bits per heavy atom. The molecule has 0 aliphatic carbocycles. The maximum absolute atomic E-state index is 13.0. The Labute approximate surface area is 166 Å². The fourth-order valence-electron chi connectivity index (χ4n) is 3.81. The van der Waals surface area contributed by atoms with Gasteiger partial charge in [-0.1, -0.05) is 29.5 Å². The van der Waals surface area contributed by atoms with Gasteiger partial charge in [-0.3, -0.25) is 4.79 Å². The molecule has 5 rings (SSSR count). The van der Waals surface area contributed by atoms with Crippen molar-refractivity contribution in [3.8, 4) is 0 Å². The van der Waals surface area contributed by atoms with E-state index in [9.17, 15) is 9.90 Å². The number of para-hydroxylation sites is 1. The van der Waals surface area contributed by atoms with Crippen LogP contribution in [0.2, 0.25) is 0 Å². The third-order valence-corrected chi connectivity index (χ3v) is 6.42. The van der Waals surface area contributed by atoms with Gasteiger partial charge in [0, 0.05) is 35.4 Å². The summed E-state index contributed by atoms with van der Waals surface area (Å²) in [5, 5.41) is 15.2. The standard InChI is InChI=1S/C20H22N4O3S/c25-17-6-8-27-11-16(17)23-20-22-14-5-7-24(10-18(14)28-20)19(26)15-9-12-3-1-2-4-13(12)21-15/h1-4,9,16-17,21,25H,5-8,10-11H2,(H,22,23). The number of H-pyrrole nitrogens is 1. The Morgan fingerprint density at radius 3 is 3.14 bits per heavy atom. The van der Waals surface area contributed by atoms with Crippen LogP contribution in [-0.2, 0) is 17.7 Å². The molecule has 2 aliphatic rings. The lowest BCUT2D eigenvalue weighted by atomic mass is 10.1. The first-order valence-corrected chi connectivity index (χ1v) is 10.4. The molecule has 1 fully saturated rings. The number of hydrogen-bond donors (Lipinski definition) is 3. The fraction of sp³-hybridized carbons (Fsp3) is 0.400. The van der Waals surface area contributed by atoms with E-state index in [0.29, 0.717) is 38.4 Å². The molecule has 28 heavy (non-hydrogen) atoms. The topological polar surface area (TPSA) is 90.5 Å². The number of carbonyl (C=O) groups is 1. The highest BCUT2D eigenvalue weighted by molar-refractivity contribution is 7.15. The summed E-state index contributed by atoms with van der Waals surface area (Å²) in [5.74, 6) is 0.0147. The molecule has 0 bridgehead atoms. The maximum atomic E-state index is 13.0. The van der Waals surface area contributed by atoms with Crippen molar-refractivity contribution in [1.82, 2.24) is 14.9 Å². The molecule has 0 saturated carbocycles. The average Bonchev–Trinajstić information content (AvgIpc) is 3.32. The largest absolute Gasteiger partial charge is 0.391 e. The molecular weight excluding hydrogens is 376 g/mol. The van der Waals surface area contributed by atoms with Gasteiger partial charge < -0.3 is 25.0 Å². The number of aromatic amines is 1. The summed E-state index contributed by atoms with van der Waals surface area (Å²) in [6.45, 7) is 2.29. The number of fused-ring (bicyclic) bond motifs is 2. The number of anilines is 1. The Hall–Kier alpha value is -2.42. The average molecular weight is 398 g/mol. The molecule has 4 heterocycles. The second-order valence-corrected chi connectivity index (χ2v) is 8.40. The highest BCUT2D eigenvalue weighted by Crippen LogP contribution is 2.30. The van der Waals surface area contributed by atoms with Crippen LogP contribution in [0.15, 0.2) is 30.3 Å². The van der Waals surface area contributed by atoms with Gasteiger partial charge in [0.2, 0.25) is 0 Å². The van der Waals surface area contributed by atoms with Crippen LogP contribution in [0.25, 0.3) is 10.9 Å². The van der Waals surface area contributed by atoms with E-state index in [4.69, 9.17) is 4.74 Å². The molecule has 2 aromatic heterocycles. The van der Waals surface area contributed by atoms with Crippen molar-refractivity contribution < 1.29 is 14.6 Å². The normalized spacial score (nSPS) is 22.2. The van der Waals surface area contributed by atoms with Crippen LogP contribution >= 0.6 is 11.3 Å². The summed E-state index contributed by atoms with van der Waals surface area (Å²) in [7, 11) is 0. The predicted molar refractivity (Wildman–Crippen MR) is 108 cm³/mol. The van der Waals surface area contributed by atoms with E-state index in [0.717, 1.165) is 33.0 Å². The van der Waals surface area contributed by atoms with E-state index < -0.39 is 6.10 Å². The monoisotopic (exact) mass is 398 g/mol. The Bertz CT molecular complexity index is 981. The van der Waals surface area contributed by atoms with E-state index in [1.165, 1.54) is 0 Å². The van der Waals surface area contributed by atoms with E-state index in [1.807, 2.05) is 35.2 Å². The van der Waals surface area contributed by atoms with Gasteiger partial charge in [-0.15, -0.1) is 0 Å². The molecule has 3 aromatic rings. The van der Waals surface area contributed by atoms with Gasteiger partial charge in [0.05, 0.1) is 31.0 Å². The molecule has 7 nitrogen and oxygen atoms in total. The highest BCUT2D eigenvalue weighted by Gasteiger charge is 2.28. The van der Waals surface area contributed by atoms with Crippen molar-refractivity contribution in [3.63, 3.8) is 0 Å².